The van der Waals surface area contributed by atoms with Gasteiger partial charge in [-0.2, -0.15) is 0 Å². The molecule has 0 heterocycles. The van der Waals surface area contributed by atoms with E-state index in [1.165, 1.54) is 0 Å². The average Bonchev–Trinajstić information content (AvgIpc) is 2.71. The Bertz CT molecular complexity index is 1110. The van der Waals surface area contributed by atoms with Crippen LogP contribution in [0.25, 0.3) is 10.8 Å². The first kappa shape index (κ1) is 22.9. The Morgan fingerprint density at radius 1 is 0.800 bits per heavy atom. The number of nitrogens with one attached hydrogen (secondary N) is 2. The van der Waals surface area contributed by atoms with Gasteiger partial charge in [0, 0.05) is 8.95 Å². The molecule has 0 radical (unpaired) electrons. The zero-order valence-electron chi connectivity index (χ0n) is 15.2. The Morgan fingerprint density at radius 2 is 1.37 bits per heavy atom. The number of benzene rings is 3. The van der Waals surface area contributed by atoms with Gasteiger partial charge in [-0.15, -0.1) is 0 Å². The quantitative estimate of drug-likeness (QED) is 0.363. The van der Waals surface area contributed by atoms with Gasteiger partial charge >= 0.3 is 0 Å². The maximum Gasteiger partial charge on any atom is 0.276 e. The first-order valence-corrected chi connectivity index (χ1v) is 11.3. The predicted molar refractivity (Wildman–Crippen MR) is 126 cm³/mol. The summed E-state index contributed by atoms with van der Waals surface area (Å²) in [5.74, 6) is -0.190. The van der Waals surface area contributed by atoms with E-state index in [-0.39, 0.29) is 13.2 Å². The van der Waals surface area contributed by atoms with E-state index < -0.39 is 11.8 Å². The summed E-state index contributed by atoms with van der Waals surface area (Å²) >= 11 is 16.2. The van der Waals surface area contributed by atoms with E-state index in [4.69, 9.17) is 21.1 Å². The molecule has 2 N–H and O–H groups in total. The second-order valence-electron chi connectivity index (χ2n) is 5.99. The van der Waals surface area contributed by atoms with Crippen LogP contribution in [0.4, 0.5) is 0 Å². The normalized spacial score (nSPS) is 10.5. The molecule has 10 heteroatoms. The van der Waals surface area contributed by atoms with Gasteiger partial charge in [0.05, 0.1) is 9.50 Å². The van der Waals surface area contributed by atoms with Crippen molar-refractivity contribution >= 4 is 82.0 Å². The van der Waals surface area contributed by atoms with E-state index in [2.05, 4.69) is 58.6 Å². The van der Waals surface area contributed by atoms with Crippen LogP contribution in [-0.2, 0) is 9.59 Å². The van der Waals surface area contributed by atoms with Crippen LogP contribution >= 0.6 is 59.4 Å². The molecule has 3 rings (SSSR count). The van der Waals surface area contributed by atoms with Gasteiger partial charge in [0.1, 0.15) is 11.5 Å². The molecule has 0 saturated heterocycles. The Balaban J connectivity index is 1.46. The summed E-state index contributed by atoms with van der Waals surface area (Å²) in [6, 6.07) is 14.5. The van der Waals surface area contributed by atoms with Crippen molar-refractivity contribution in [2.24, 2.45) is 0 Å². The van der Waals surface area contributed by atoms with Crippen LogP contribution in [0.1, 0.15) is 0 Å². The summed E-state index contributed by atoms with van der Waals surface area (Å²) in [6.45, 7) is -0.589. The van der Waals surface area contributed by atoms with Crippen molar-refractivity contribution in [2.75, 3.05) is 13.2 Å². The molecule has 0 saturated carbocycles. The first-order valence-electron chi connectivity index (χ1n) is 8.49. The van der Waals surface area contributed by atoms with E-state index in [9.17, 15) is 9.59 Å². The molecule has 156 valence electrons. The molecule has 0 spiro atoms. The van der Waals surface area contributed by atoms with Crippen molar-refractivity contribution in [3.05, 3.63) is 67.0 Å². The highest BCUT2D eigenvalue weighted by Gasteiger charge is 2.11. The van der Waals surface area contributed by atoms with Crippen molar-refractivity contribution in [3.8, 4) is 11.5 Å². The lowest BCUT2D eigenvalue weighted by Gasteiger charge is -2.12. The minimum absolute atomic E-state index is 0.277. The van der Waals surface area contributed by atoms with Gasteiger partial charge in [-0.3, -0.25) is 20.4 Å². The van der Waals surface area contributed by atoms with Gasteiger partial charge in [-0.25, -0.2) is 0 Å². The molecule has 0 aliphatic heterocycles. The first-order chi connectivity index (χ1) is 14.3. The summed E-state index contributed by atoms with van der Waals surface area (Å²) in [5, 5.41) is 2.34. The zero-order valence-corrected chi connectivity index (χ0v) is 20.7. The number of carbonyl (C=O) groups is 2. The lowest BCUT2D eigenvalue weighted by Crippen LogP contribution is -2.45. The second kappa shape index (κ2) is 10.5. The maximum atomic E-state index is 12.0. The minimum atomic E-state index is -0.542. The number of halogens is 4. The van der Waals surface area contributed by atoms with Gasteiger partial charge in [0.2, 0.25) is 0 Å². The van der Waals surface area contributed by atoms with Crippen LogP contribution < -0.4 is 20.3 Å². The molecule has 2 amide bonds. The number of ether oxygens (including phenoxy) is 2. The third-order valence-corrected chi connectivity index (χ3v) is 5.93. The van der Waals surface area contributed by atoms with Crippen molar-refractivity contribution in [2.45, 2.75) is 0 Å². The van der Waals surface area contributed by atoms with Crippen LogP contribution in [0.5, 0.6) is 11.5 Å². The van der Waals surface area contributed by atoms with Crippen LogP contribution in [0.3, 0.4) is 0 Å². The summed E-state index contributed by atoms with van der Waals surface area (Å²) < 4.78 is 13.4. The van der Waals surface area contributed by atoms with Crippen molar-refractivity contribution < 1.29 is 19.1 Å². The Hall–Kier alpha value is -1.81. The molecule has 0 atom stereocenters. The third kappa shape index (κ3) is 6.10. The molecule has 0 aliphatic rings. The summed E-state index contributed by atoms with van der Waals surface area (Å²) in [7, 11) is 0. The summed E-state index contributed by atoms with van der Waals surface area (Å²) in [4.78, 5) is 23.8. The maximum absolute atomic E-state index is 12.0. The third-order valence-electron chi connectivity index (χ3n) is 3.83. The topological polar surface area (TPSA) is 76.7 Å². The fourth-order valence-corrected chi connectivity index (χ4v) is 4.16. The van der Waals surface area contributed by atoms with E-state index >= 15 is 0 Å². The summed E-state index contributed by atoms with van der Waals surface area (Å²) in [6.07, 6.45) is 0. The average molecular weight is 622 g/mol. The molecule has 3 aromatic carbocycles. The van der Waals surface area contributed by atoms with Gasteiger partial charge in [-0.05, 0) is 63.1 Å². The number of amides is 2. The van der Waals surface area contributed by atoms with Crippen molar-refractivity contribution in [1.29, 1.82) is 0 Å². The molecule has 0 bridgehead atoms. The molecular formula is C20H14Br3ClN2O4. The fraction of sp³-hybridized carbons (Fsp3) is 0.100. The molecule has 30 heavy (non-hydrogen) atoms. The van der Waals surface area contributed by atoms with Gasteiger partial charge in [0.25, 0.3) is 11.8 Å². The number of hydrogen-bond donors (Lipinski definition) is 2. The Kier molecular flexibility index (Phi) is 7.99. The van der Waals surface area contributed by atoms with Crippen LogP contribution in [0.2, 0.25) is 5.02 Å². The lowest BCUT2D eigenvalue weighted by atomic mass is 10.1. The molecule has 0 unspecified atom stereocenters. The monoisotopic (exact) mass is 618 g/mol. The van der Waals surface area contributed by atoms with E-state index in [1.54, 1.807) is 24.3 Å². The molecule has 3 aromatic rings. The van der Waals surface area contributed by atoms with E-state index in [1.807, 2.05) is 24.3 Å². The standard InChI is InChI=1S/C20H14Br3ClN2O4/c21-12-2-4-14-11(7-12)1-5-17(20(14)23)30-10-19(28)26-25-18(27)9-29-16-6-3-13(22)8-15(16)24/h1-8H,9-10H2,(H,25,27)(H,26,28). The highest BCUT2D eigenvalue weighted by Crippen LogP contribution is 2.34. The number of rotatable bonds is 6. The summed E-state index contributed by atoms with van der Waals surface area (Å²) in [5.41, 5.74) is 4.53. The highest BCUT2D eigenvalue weighted by molar-refractivity contribution is 9.11. The SMILES string of the molecule is O=C(COc1ccc(Br)cc1Cl)NNC(=O)COc1ccc2cc(Br)ccc2c1Br. The highest BCUT2D eigenvalue weighted by atomic mass is 79.9. The molecule has 0 fully saturated rings. The smallest absolute Gasteiger partial charge is 0.276 e. The zero-order chi connectivity index (χ0) is 21.7. The van der Waals surface area contributed by atoms with Crippen LogP contribution in [0.15, 0.2) is 61.9 Å². The number of fused-ring (bicyclic) bond motifs is 1. The van der Waals surface area contributed by atoms with Crippen LogP contribution in [-0.4, -0.2) is 25.0 Å². The number of carbonyl (C=O) groups excluding carboxylic acids is 2. The fourth-order valence-electron chi connectivity index (χ4n) is 2.44. The predicted octanol–water partition coefficient (Wildman–Crippen LogP) is 5.39. The van der Waals surface area contributed by atoms with Crippen LogP contribution in [0, 0.1) is 0 Å². The van der Waals surface area contributed by atoms with E-state index in [0.717, 1.165) is 24.2 Å². The Morgan fingerprint density at radius 3 is 2.03 bits per heavy atom. The molecule has 0 aromatic heterocycles. The Labute approximate surface area is 202 Å². The largest absolute Gasteiger partial charge is 0.483 e. The molecule has 6 nitrogen and oxygen atoms in total. The molecule has 0 aliphatic carbocycles. The van der Waals surface area contributed by atoms with Gasteiger partial charge < -0.3 is 9.47 Å². The minimum Gasteiger partial charge on any atom is -0.483 e. The number of hydrazine groups is 1. The van der Waals surface area contributed by atoms with Crippen molar-refractivity contribution in [1.82, 2.24) is 10.9 Å². The molecular weight excluding hydrogens is 607 g/mol. The second-order valence-corrected chi connectivity index (χ2v) is 9.02. The number of hydrogen-bond acceptors (Lipinski definition) is 4. The van der Waals surface area contributed by atoms with Gasteiger partial charge in [-0.1, -0.05) is 55.6 Å². The van der Waals surface area contributed by atoms with Crippen molar-refractivity contribution in [3.63, 3.8) is 0 Å². The van der Waals surface area contributed by atoms with Gasteiger partial charge in [0.15, 0.2) is 13.2 Å². The van der Waals surface area contributed by atoms with E-state index in [0.29, 0.717) is 16.5 Å². The lowest BCUT2D eigenvalue weighted by molar-refractivity contribution is -0.131.